The number of ether oxygens (including phenoxy) is 1. The third-order valence-corrected chi connectivity index (χ3v) is 0.605. The summed E-state index contributed by atoms with van der Waals surface area (Å²) in [5.74, 6) is 0. The summed E-state index contributed by atoms with van der Waals surface area (Å²) in [4.78, 5) is 24.2. The van der Waals surface area contributed by atoms with Crippen LogP contribution in [0.1, 0.15) is 0 Å². The molecular weight excluding hydrogens is 161 g/mol. The van der Waals surface area contributed by atoms with Gasteiger partial charge in [0.25, 0.3) is 0 Å². The van der Waals surface area contributed by atoms with Crippen molar-refractivity contribution in [2.24, 2.45) is 0 Å². The molecule has 1 amide bonds. The topological polar surface area (TPSA) is 95.9 Å². The summed E-state index contributed by atoms with van der Waals surface area (Å²) in [6.07, 6.45) is -0.296. The maximum absolute atomic E-state index is 9.91. The van der Waals surface area contributed by atoms with E-state index in [0.29, 0.717) is 13.2 Å². The van der Waals surface area contributed by atoms with Crippen molar-refractivity contribution in [1.82, 2.24) is 5.32 Å². The molecular formula is C3H8NO5P. The molecule has 0 aromatic rings. The normalized spacial score (nSPS) is 15.3. The highest BCUT2D eigenvalue weighted by atomic mass is 31.1. The fourth-order valence-electron chi connectivity index (χ4n) is 0.348. The van der Waals surface area contributed by atoms with Gasteiger partial charge in [0.2, 0.25) is 0 Å². The van der Waals surface area contributed by atoms with Crippen LogP contribution in [0.4, 0.5) is 4.79 Å². The minimum atomic E-state index is -3.13. The number of alkyl carbamates (subject to hydrolysis) is 1. The zero-order valence-electron chi connectivity index (χ0n) is 5.03. The van der Waals surface area contributed by atoms with Crippen molar-refractivity contribution in [3.05, 3.63) is 0 Å². The summed E-state index contributed by atoms with van der Waals surface area (Å²) in [5, 5.41) is 2.46. The standard InChI is InChI=1S/C3H5NO2.H3O3P/c5-3-4-1-2-6-3;1-4(2)3/h1-2H2,(H,4,5);4H,(H2,1,2,3). The zero-order valence-corrected chi connectivity index (χ0v) is 6.03. The molecule has 0 unspecified atom stereocenters. The Morgan fingerprint density at radius 2 is 2.10 bits per heavy atom. The molecule has 1 aliphatic heterocycles. The van der Waals surface area contributed by atoms with Crippen molar-refractivity contribution in [1.29, 1.82) is 0 Å². The molecule has 7 heteroatoms. The van der Waals surface area contributed by atoms with Gasteiger partial charge in [-0.2, -0.15) is 0 Å². The van der Waals surface area contributed by atoms with Crippen LogP contribution in [0, 0.1) is 0 Å². The average molecular weight is 169 g/mol. The van der Waals surface area contributed by atoms with Crippen LogP contribution in [0.25, 0.3) is 0 Å². The quantitative estimate of drug-likeness (QED) is 0.408. The van der Waals surface area contributed by atoms with Gasteiger partial charge in [-0.15, -0.1) is 0 Å². The molecule has 1 saturated heterocycles. The van der Waals surface area contributed by atoms with Crippen LogP contribution in [0.5, 0.6) is 0 Å². The lowest BCUT2D eigenvalue weighted by Crippen LogP contribution is -2.11. The third kappa shape index (κ3) is 7.42. The Morgan fingerprint density at radius 1 is 1.60 bits per heavy atom. The number of rotatable bonds is 0. The molecule has 0 aromatic heterocycles. The van der Waals surface area contributed by atoms with E-state index in [4.69, 9.17) is 14.4 Å². The smallest absolute Gasteiger partial charge is 0.407 e. The number of nitrogens with one attached hydrogen (secondary N) is 1. The molecule has 1 heterocycles. The van der Waals surface area contributed by atoms with E-state index < -0.39 is 8.25 Å². The highest BCUT2D eigenvalue weighted by Gasteiger charge is 2.06. The first-order valence-corrected chi connectivity index (χ1v) is 3.75. The van der Waals surface area contributed by atoms with Crippen LogP contribution < -0.4 is 5.32 Å². The molecule has 1 aliphatic rings. The first-order chi connectivity index (χ1) is 4.63. The van der Waals surface area contributed by atoms with Crippen molar-refractivity contribution in [2.45, 2.75) is 0 Å². The average Bonchev–Trinajstić information content (AvgIpc) is 2.15. The first kappa shape index (κ1) is 9.42. The largest absolute Gasteiger partial charge is 0.448 e. The maximum atomic E-state index is 9.91. The van der Waals surface area contributed by atoms with Crippen LogP contribution >= 0.6 is 8.25 Å². The van der Waals surface area contributed by atoms with Gasteiger partial charge in [-0.05, 0) is 0 Å². The molecule has 0 spiro atoms. The second-order valence-corrected chi connectivity index (χ2v) is 1.91. The monoisotopic (exact) mass is 169 g/mol. The van der Waals surface area contributed by atoms with Gasteiger partial charge in [-0.3, -0.25) is 4.57 Å². The van der Waals surface area contributed by atoms with Crippen molar-refractivity contribution in [3.63, 3.8) is 0 Å². The Labute approximate surface area is 57.8 Å². The Balaban J connectivity index is 0.000000180. The van der Waals surface area contributed by atoms with E-state index in [0.717, 1.165) is 0 Å². The van der Waals surface area contributed by atoms with Crippen LogP contribution in [-0.4, -0.2) is 29.0 Å². The van der Waals surface area contributed by atoms with E-state index in [2.05, 4.69) is 10.1 Å². The molecule has 0 aliphatic carbocycles. The molecule has 0 saturated carbocycles. The van der Waals surface area contributed by atoms with E-state index in [1.165, 1.54) is 0 Å². The molecule has 6 nitrogen and oxygen atoms in total. The molecule has 0 bridgehead atoms. The molecule has 1 rings (SSSR count). The molecule has 0 aromatic carbocycles. The SMILES string of the molecule is O=C1NCCO1.O=[PH](O)O. The molecule has 1 fully saturated rings. The van der Waals surface area contributed by atoms with Crippen molar-refractivity contribution >= 4 is 14.3 Å². The Morgan fingerprint density at radius 3 is 2.20 bits per heavy atom. The Kier molecular flexibility index (Phi) is 4.92. The lowest BCUT2D eigenvalue weighted by atomic mass is 10.7. The molecule has 10 heavy (non-hydrogen) atoms. The van der Waals surface area contributed by atoms with Crippen molar-refractivity contribution in [3.8, 4) is 0 Å². The summed E-state index contributed by atoms with van der Waals surface area (Å²) in [5.41, 5.74) is 0. The Hall–Kier alpha value is -0.580. The molecule has 60 valence electrons. The van der Waals surface area contributed by atoms with E-state index >= 15 is 0 Å². The van der Waals surface area contributed by atoms with E-state index in [1.54, 1.807) is 0 Å². The lowest BCUT2D eigenvalue weighted by molar-refractivity contribution is 0.178. The summed E-state index contributed by atoms with van der Waals surface area (Å²) < 4.78 is 13.1. The van der Waals surface area contributed by atoms with Gasteiger partial charge >= 0.3 is 14.3 Å². The summed E-state index contributed by atoms with van der Waals surface area (Å²) in [6.45, 7) is 1.19. The van der Waals surface area contributed by atoms with Crippen LogP contribution in [0.15, 0.2) is 0 Å². The summed E-state index contributed by atoms with van der Waals surface area (Å²) in [7, 11) is -3.13. The zero-order chi connectivity index (χ0) is 7.98. The van der Waals surface area contributed by atoms with Gasteiger partial charge in [0.05, 0.1) is 6.54 Å². The van der Waals surface area contributed by atoms with E-state index in [9.17, 15) is 4.79 Å². The molecule has 3 N–H and O–H groups in total. The predicted octanol–water partition coefficient (Wildman–Crippen LogP) is -0.913. The van der Waals surface area contributed by atoms with E-state index in [-0.39, 0.29) is 6.09 Å². The molecule has 0 atom stereocenters. The number of hydrogen-bond donors (Lipinski definition) is 3. The van der Waals surface area contributed by atoms with Crippen molar-refractivity contribution in [2.75, 3.05) is 13.2 Å². The number of hydrogen-bond acceptors (Lipinski definition) is 3. The van der Waals surface area contributed by atoms with Crippen LogP contribution in [0.3, 0.4) is 0 Å². The first-order valence-electron chi connectivity index (χ1n) is 2.45. The van der Waals surface area contributed by atoms with E-state index in [1.807, 2.05) is 0 Å². The van der Waals surface area contributed by atoms with Crippen LogP contribution in [0.2, 0.25) is 0 Å². The van der Waals surface area contributed by atoms with Crippen LogP contribution in [-0.2, 0) is 9.30 Å². The van der Waals surface area contributed by atoms with Gasteiger partial charge in [0.15, 0.2) is 0 Å². The van der Waals surface area contributed by atoms with Gasteiger partial charge < -0.3 is 19.8 Å². The van der Waals surface area contributed by atoms with Gasteiger partial charge in [-0.1, -0.05) is 0 Å². The highest BCUT2D eigenvalue weighted by molar-refractivity contribution is 7.30. The Bertz CT molecular complexity index is 125. The minimum Gasteiger partial charge on any atom is -0.448 e. The highest BCUT2D eigenvalue weighted by Crippen LogP contribution is 1.98. The molecule has 0 radical (unpaired) electrons. The number of carbonyl (C=O) groups excluding carboxylic acids is 1. The predicted molar refractivity (Wildman–Crippen MR) is 32.8 cm³/mol. The lowest BCUT2D eigenvalue weighted by Gasteiger charge is -1.80. The third-order valence-electron chi connectivity index (χ3n) is 0.605. The fraction of sp³-hybridized carbons (Fsp3) is 0.667. The maximum Gasteiger partial charge on any atom is 0.407 e. The van der Waals surface area contributed by atoms with Gasteiger partial charge in [-0.25, -0.2) is 4.79 Å². The number of cyclic esters (lactones) is 1. The minimum absolute atomic E-state index is 0.296. The van der Waals surface area contributed by atoms with Crippen molar-refractivity contribution < 1.29 is 23.9 Å². The number of carbonyl (C=O) groups is 1. The second kappa shape index (κ2) is 5.22. The number of amides is 1. The van der Waals surface area contributed by atoms with Gasteiger partial charge in [0, 0.05) is 0 Å². The summed E-state index contributed by atoms with van der Waals surface area (Å²) in [6, 6.07) is 0. The van der Waals surface area contributed by atoms with Gasteiger partial charge in [0.1, 0.15) is 6.61 Å². The second-order valence-electron chi connectivity index (χ2n) is 1.35. The summed E-state index contributed by atoms with van der Waals surface area (Å²) >= 11 is 0. The fourth-order valence-corrected chi connectivity index (χ4v) is 0.348.